The molecule has 4 rings (SSSR count). The van der Waals surface area contributed by atoms with E-state index < -0.39 is 0 Å². The van der Waals surface area contributed by atoms with Crippen LogP contribution in [0.4, 0.5) is 0 Å². The Morgan fingerprint density at radius 3 is 2.04 bits per heavy atom. The van der Waals surface area contributed by atoms with Crippen molar-refractivity contribution in [3.05, 3.63) is 71.7 Å². The van der Waals surface area contributed by atoms with Gasteiger partial charge >= 0.3 is 0 Å². The second-order valence-electron chi connectivity index (χ2n) is 9.14. The Morgan fingerprint density at radius 1 is 0.741 bits per heavy atom. The van der Waals surface area contributed by atoms with Crippen LogP contribution < -0.4 is 0 Å². The highest BCUT2D eigenvalue weighted by molar-refractivity contribution is 7.26. The first-order valence-corrected chi connectivity index (χ1v) is 10.1. The molecule has 0 atom stereocenters. The molecule has 1 heterocycles. The first-order valence-electron chi connectivity index (χ1n) is 11.8. The minimum Gasteiger partial charge on any atom is -0.135 e. The van der Waals surface area contributed by atoms with E-state index in [1.807, 2.05) is 12.1 Å². The molecule has 0 fully saturated rings. The lowest BCUT2D eigenvalue weighted by atomic mass is 9.73. The zero-order chi connectivity index (χ0) is 23.7. The number of rotatable bonds is 1. The van der Waals surface area contributed by atoms with Crippen molar-refractivity contribution < 1.29 is 6.85 Å². The van der Waals surface area contributed by atoms with Crippen molar-refractivity contribution in [3.63, 3.8) is 0 Å². The van der Waals surface area contributed by atoms with E-state index in [1.165, 1.54) is 11.1 Å². The lowest BCUT2D eigenvalue weighted by molar-refractivity contribution is 0.535. The maximum absolute atomic E-state index is 8.56. The van der Waals surface area contributed by atoms with E-state index in [9.17, 15) is 0 Å². The SMILES string of the molecule is [2H]c1c([2H])c([2H])c(-c2cccc3sc4ccc(C(C)(C)C)c(C(C)(C)C)c4c23)c([2H])c1[2H]. The van der Waals surface area contributed by atoms with Crippen LogP contribution in [-0.4, -0.2) is 0 Å². The van der Waals surface area contributed by atoms with Gasteiger partial charge in [0.05, 0.1) is 6.85 Å². The normalized spacial score (nSPS) is 15.4. The molecule has 4 aromatic rings. The highest BCUT2D eigenvalue weighted by Crippen LogP contribution is 2.47. The molecule has 0 aliphatic heterocycles. The molecular weight excluding hydrogens is 344 g/mol. The topological polar surface area (TPSA) is 0 Å². The fourth-order valence-corrected chi connectivity index (χ4v) is 5.05. The number of hydrogen-bond donors (Lipinski definition) is 0. The zero-order valence-electron chi connectivity index (χ0n) is 21.8. The zero-order valence-corrected chi connectivity index (χ0v) is 17.6. The molecule has 27 heavy (non-hydrogen) atoms. The van der Waals surface area contributed by atoms with Crippen molar-refractivity contribution in [2.24, 2.45) is 0 Å². The summed E-state index contributed by atoms with van der Waals surface area (Å²) in [4.78, 5) is 0. The molecule has 138 valence electrons. The van der Waals surface area contributed by atoms with Gasteiger partial charge in [-0.25, -0.2) is 0 Å². The summed E-state index contributed by atoms with van der Waals surface area (Å²) in [6.45, 7) is 13.3. The summed E-state index contributed by atoms with van der Waals surface area (Å²) >= 11 is 1.69. The van der Waals surface area contributed by atoms with Gasteiger partial charge in [0.15, 0.2) is 0 Å². The van der Waals surface area contributed by atoms with Gasteiger partial charge in [-0.1, -0.05) is 90.0 Å². The maximum atomic E-state index is 8.56. The van der Waals surface area contributed by atoms with Crippen molar-refractivity contribution in [3.8, 4) is 11.1 Å². The van der Waals surface area contributed by atoms with Crippen LogP contribution in [0.15, 0.2) is 60.5 Å². The van der Waals surface area contributed by atoms with Gasteiger partial charge in [0.1, 0.15) is 0 Å². The smallest absolute Gasteiger partial charge is 0.0629 e. The molecule has 0 N–H and O–H groups in total. The van der Waals surface area contributed by atoms with Crippen LogP contribution in [0.25, 0.3) is 31.3 Å². The Kier molecular flexibility index (Phi) is 3.02. The van der Waals surface area contributed by atoms with E-state index in [1.54, 1.807) is 11.3 Å². The van der Waals surface area contributed by atoms with E-state index in [0.29, 0.717) is 5.56 Å². The Morgan fingerprint density at radius 2 is 1.41 bits per heavy atom. The minimum absolute atomic E-state index is 0.0588. The molecule has 0 nitrogen and oxygen atoms in total. The third-order valence-electron chi connectivity index (χ3n) is 4.99. The monoisotopic (exact) mass is 377 g/mol. The summed E-state index contributed by atoms with van der Waals surface area (Å²) in [5.74, 6) is 0. The fraction of sp³-hybridized carbons (Fsp3) is 0.308. The van der Waals surface area contributed by atoms with Gasteiger partial charge in [0.25, 0.3) is 0 Å². The molecule has 0 spiro atoms. The highest BCUT2D eigenvalue weighted by atomic mass is 32.1. The van der Waals surface area contributed by atoms with Gasteiger partial charge < -0.3 is 0 Å². The van der Waals surface area contributed by atoms with Gasteiger partial charge in [0.2, 0.25) is 0 Å². The molecule has 0 amide bonds. The van der Waals surface area contributed by atoms with Gasteiger partial charge in [-0.2, -0.15) is 0 Å². The number of benzene rings is 3. The van der Waals surface area contributed by atoms with Crippen LogP contribution in [0.1, 0.15) is 59.5 Å². The van der Waals surface area contributed by atoms with Gasteiger partial charge in [-0.15, -0.1) is 11.3 Å². The molecule has 1 heteroatoms. The van der Waals surface area contributed by atoms with Crippen LogP contribution in [0.5, 0.6) is 0 Å². The van der Waals surface area contributed by atoms with Crippen LogP contribution in [0.2, 0.25) is 0 Å². The third kappa shape index (κ3) is 3.08. The van der Waals surface area contributed by atoms with E-state index in [4.69, 9.17) is 6.85 Å². The first-order chi connectivity index (χ1) is 14.7. The standard InChI is InChI=1S/C26H28S/c1-25(2,3)19-15-16-21-23(24(19)26(4,5)6)22-18(13-10-14-20(22)27-21)17-11-8-7-9-12-17/h7-16H,1-6H3/i7D,8D,9D,11D,12D. The van der Waals surface area contributed by atoms with Crippen LogP contribution in [0.3, 0.4) is 0 Å². The lowest BCUT2D eigenvalue weighted by Gasteiger charge is -2.31. The summed E-state index contributed by atoms with van der Waals surface area (Å²) in [5, 5.41) is 2.11. The maximum Gasteiger partial charge on any atom is 0.0629 e. The molecule has 0 unspecified atom stereocenters. The number of fused-ring (bicyclic) bond motifs is 3. The Labute approximate surface area is 173 Å². The van der Waals surface area contributed by atoms with Crippen molar-refractivity contribution in [2.75, 3.05) is 0 Å². The summed E-state index contributed by atoms with van der Waals surface area (Å²) in [6.07, 6.45) is 0. The third-order valence-corrected chi connectivity index (χ3v) is 6.11. The van der Waals surface area contributed by atoms with E-state index in [0.717, 1.165) is 20.2 Å². The van der Waals surface area contributed by atoms with E-state index in [2.05, 4.69) is 59.7 Å². The van der Waals surface area contributed by atoms with Crippen LogP contribution in [0, 0.1) is 0 Å². The molecule has 0 saturated carbocycles. The molecule has 0 saturated heterocycles. The predicted molar refractivity (Wildman–Crippen MR) is 122 cm³/mol. The molecule has 0 aliphatic rings. The van der Waals surface area contributed by atoms with Crippen LogP contribution in [-0.2, 0) is 10.8 Å². The molecule has 1 aromatic heterocycles. The Bertz CT molecular complexity index is 1360. The highest BCUT2D eigenvalue weighted by Gasteiger charge is 2.29. The van der Waals surface area contributed by atoms with Crippen LogP contribution >= 0.6 is 11.3 Å². The van der Waals surface area contributed by atoms with Gasteiger partial charge in [0, 0.05) is 20.2 Å². The number of thiophene rings is 1. The fourth-order valence-electron chi connectivity index (χ4n) is 3.91. The minimum atomic E-state index is -0.364. The summed E-state index contributed by atoms with van der Waals surface area (Å²) < 4.78 is 43.6. The molecule has 0 aliphatic carbocycles. The number of hydrogen-bond acceptors (Lipinski definition) is 1. The second kappa shape index (κ2) is 6.21. The molecule has 0 radical (unpaired) electrons. The van der Waals surface area contributed by atoms with Gasteiger partial charge in [-0.3, -0.25) is 0 Å². The summed E-state index contributed by atoms with van der Waals surface area (Å²) in [7, 11) is 0. The van der Waals surface area contributed by atoms with Crippen molar-refractivity contribution >= 4 is 31.5 Å². The molecule has 0 bridgehead atoms. The Hall–Kier alpha value is -2.12. The predicted octanol–water partition coefficient (Wildman–Crippen LogP) is 8.32. The lowest BCUT2D eigenvalue weighted by Crippen LogP contribution is -2.22. The second-order valence-corrected chi connectivity index (χ2v) is 10.2. The van der Waals surface area contributed by atoms with Gasteiger partial charge in [-0.05, 0) is 45.2 Å². The summed E-state index contributed by atoms with van der Waals surface area (Å²) in [6, 6.07) is 8.96. The Balaban J connectivity index is 2.28. The molecule has 3 aromatic carbocycles. The largest absolute Gasteiger partial charge is 0.135 e. The van der Waals surface area contributed by atoms with Crippen molar-refractivity contribution in [1.82, 2.24) is 0 Å². The average molecular weight is 378 g/mol. The molecular formula is C26H28S. The van der Waals surface area contributed by atoms with Crippen molar-refractivity contribution in [1.29, 1.82) is 0 Å². The average Bonchev–Trinajstić information content (AvgIpc) is 3.08. The van der Waals surface area contributed by atoms with E-state index in [-0.39, 0.29) is 46.6 Å². The van der Waals surface area contributed by atoms with E-state index >= 15 is 0 Å². The summed E-state index contributed by atoms with van der Waals surface area (Å²) in [5.41, 5.74) is 3.30. The van der Waals surface area contributed by atoms with Crippen molar-refractivity contribution in [2.45, 2.75) is 52.4 Å². The first kappa shape index (κ1) is 13.1. The quantitative estimate of drug-likeness (QED) is 0.313.